The Kier molecular flexibility index (Phi) is 5.11. The van der Waals surface area contributed by atoms with Crippen molar-refractivity contribution < 1.29 is 31.9 Å². The molecule has 0 bridgehead atoms. The highest BCUT2D eigenvalue weighted by molar-refractivity contribution is 5.93. The van der Waals surface area contributed by atoms with Crippen LogP contribution < -0.4 is 0 Å². The van der Waals surface area contributed by atoms with Gasteiger partial charge in [0.25, 0.3) is 5.89 Å². The number of fused-ring (bicyclic) bond motifs is 1. The second kappa shape index (κ2) is 7.48. The molecule has 1 unspecified atom stereocenters. The van der Waals surface area contributed by atoms with E-state index in [2.05, 4.69) is 9.72 Å². The van der Waals surface area contributed by atoms with E-state index < -0.39 is 23.9 Å². The lowest BCUT2D eigenvalue weighted by atomic mass is 9.85. The van der Waals surface area contributed by atoms with Crippen LogP contribution in [0, 0.1) is 0 Å². The average Bonchev–Trinajstić information content (AvgIpc) is 3.31. The van der Waals surface area contributed by atoms with E-state index >= 15 is 0 Å². The SMILES string of the molecule is CC(OC(=O)N1CCC2(CCCN2C(=O)c2nc3ccccc3o2)CC1)C(F)(F)F. The summed E-state index contributed by atoms with van der Waals surface area (Å²) >= 11 is 0. The standard InChI is InChI=1S/C20H22F3N3O4/c1-13(20(21,22)23)29-18(28)25-11-8-19(9-12-25)7-4-10-26(19)17(27)16-24-14-5-2-3-6-15(14)30-16/h2-3,5-6,13H,4,7-12H2,1H3. The van der Waals surface area contributed by atoms with E-state index in [0.29, 0.717) is 30.5 Å². The highest BCUT2D eigenvalue weighted by Crippen LogP contribution is 2.39. The van der Waals surface area contributed by atoms with Crippen LogP contribution in [-0.2, 0) is 4.74 Å². The number of likely N-dealkylation sites (tertiary alicyclic amines) is 2. The third kappa shape index (κ3) is 3.70. The number of benzene rings is 1. The van der Waals surface area contributed by atoms with Gasteiger partial charge in [0.2, 0.25) is 0 Å². The number of aromatic nitrogens is 1. The molecule has 1 spiro atoms. The minimum Gasteiger partial charge on any atom is -0.437 e. The normalized spacial score (nSPS) is 20.0. The van der Waals surface area contributed by atoms with Gasteiger partial charge in [-0.1, -0.05) is 12.1 Å². The van der Waals surface area contributed by atoms with E-state index in [1.165, 1.54) is 4.90 Å². The number of hydrogen-bond acceptors (Lipinski definition) is 5. The van der Waals surface area contributed by atoms with Gasteiger partial charge in [0, 0.05) is 25.2 Å². The molecule has 0 saturated carbocycles. The summed E-state index contributed by atoms with van der Waals surface area (Å²) in [7, 11) is 0. The summed E-state index contributed by atoms with van der Waals surface area (Å²) in [4.78, 5) is 32.5. The van der Waals surface area contributed by atoms with Gasteiger partial charge in [0.1, 0.15) is 5.52 Å². The zero-order chi connectivity index (χ0) is 21.5. The molecule has 0 N–H and O–H groups in total. The lowest BCUT2D eigenvalue weighted by Crippen LogP contribution is -2.55. The molecule has 3 heterocycles. The molecule has 4 rings (SSSR count). The van der Waals surface area contributed by atoms with E-state index in [1.807, 2.05) is 6.07 Å². The van der Waals surface area contributed by atoms with Crippen LogP contribution in [0.2, 0.25) is 0 Å². The summed E-state index contributed by atoms with van der Waals surface area (Å²) in [5.41, 5.74) is 0.681. The quantitative estimate of drug-likeness (QED) is 0.727. The maximum atomic E-state index is 13.1. The summed E-state index contributed by atoms with van der Waals surface area (Å²) in [6, 6.07) is 7.12. The van der Waals surface area contributed by atoms with Crippen molar-refractivity contribution in [2.24, 2.45) is 0 Å². The molecule has 162 valence electrons. The van der Waals surface area contributed by atoms with Crippen LogP contribution >= 0.6 is 0 Å². The van der Waals surface area contributed by atoms with Gasteiger partial charge < -0.3 is 19.0 Å². The van der Waals surface area contributed by atoms with Crippen molar-refractivity contribution in [2.45, 2.75) is 50.4 Å². The van der Waals surface area contributed by atoms with Gasteiger partial charge in [-0.3, -0.25) is 4.79 Å². The van der Waals surface area contributed by atoms with Crippen molar-refractivity contribution in [3.8, 4) is 0 Å². The smallest absolute Gasteiger partial charge is 0.425 e. The number of amides is 2. The minimum absolute atomic E-state index is 0.0262. The Bertz CT molecular complexity index is 917. The molecule has 0 aliphatic carbocycles. The van der Waals surface area contributed by atoms with Crippen LogP contribution in [0.5, 0.6) is 0 Å². The molecule has 2 aromatic rings. The minimum atomic E-state index is -4.60. The summed E-state index contributed by atoms with van der Waals surface area (Å²) in [5, 5.41) is 0. The second-order valence-corrected chi connectivity index (χ2v) is 7.83. The van der Waals surface area contributed by atoms with Gasteiger partial charge in [0.05, 0.1) is 0 Å². The number of para-hydroxylation sites is 2. The monoisotopic (exact) mass is 425 g/mol. The van der Waals surface area contributed by atoms with E-state index in [0.717, 1.165) is 19.8 Å². The van der Waals surface area contributed by atoms with Gasteiger partial charge in [-0.05, 0) is 44.7 Å². The molecule has 0 radical (unpaired) electrons. The fraction of sp³-hybridized carbons (Fsp3) is 0.550. The fourth-order valence-corrected chi connectivity index (χ4v) is 4.25. The van der Waals surface area contributed by atoms with Crippen molar-refractivity contribution in [3.05, 3.63) is 30.2 Å². The Morgan fingerprint density at radius 1 is 1.17 bits per heavy atom. The third-order valence-electron chi connectivity index (χ3n) is 6.01. The van der Waals surface area contributed by atoms with Gasteiger partial charge in [-0.15, -0.1) is 0 Å². The molecule has 2 fully saturated rings. The first kappa shape index (κ1) is 20.5. The number of halogens is 3. The van der Waals surface area contributed by atoms with Crippen molar-refractivity contribution in [3.63, 3.8) is 0 Å². The zero-order valence-electron chi connectivity index (χ0n) is 16.4. The zero-order valence-corrected chi connectivity index (χ0v) is 16.4. The Morgan fingerprint density at radius 3 is 2.53 bits per heavy atom. The predicted octanol–water partition coefficient (Wildman–Crippen LogP) is 3.99. The van der Waals surface area contributed by atoms with Crippen LogP contribution in [-0.4, -0.2) is 64.2 Å². The number of piperidine rings is 1. The highest BCUT2D eigenvalue weighted by Gasteiger charge is 2.48. The fourth-order valence-electron chi connectivity index (χ4n) is 4.25. The molecule has 10 heteroatoms. The molecule has 7 nitrogen and oxygen atoms in total. The Balaban J connectivity index is 1.43. The Morgan fingerprint density at radius 2 is 1.87 bits per heavy atom. The van der Waals surface area contributed by atoms with Crippen molar-refractivity contribution in [1.29, 1.82) is 0 Å². The Labute approximate surface area is 170 Å². The summed E-state index contributed by atoms with van der Waals surface area (Å²) in [6.45, 7) is 1.80. The summed E-state index contributed by atoms with van der Waals surface area (Å²) in [5.74, 6) is -0.274. The van der Waals surface area contributed by atoms with Gasteiger partial charge in [-0.2, -0.15) is 13.2 Å². The van der Waals surface area contributed by atoms with Gasteiger partial charge >= 0.3 is 18.2 Å². The number of carbonyl (C=O) groups excluding carboxylic acids is 2. The lowest BCUT2D eigenvalue weighted by molar-refractivity contribution is -0.200. The largest absolute Gasteiger partial charge is 0.437 e. The molecular formula is C20H22F3N3O4. The van der Waals surface area contributed by atoms with Crippen LogP contribution in [0.4, 0.5) is 18.0 Å². The predicted molar refractivity (Wildman–Crippen MR) is 99.8 cm³/mol. The van der Waals surface area contributed by atoms with Crippen molar-refractivity contribution in [2.75, 3.05) is 19.6 Å². The number of nitrogens with zero attached hydrogens (tertiary/aromatic N) is 3. The number of oxazole rings is 1. The third-order valence-corrected chi connectivity index (χ3v) is 6.01. The molecule has 30 heavy (non-hydrogen) atoms. The van der Waals surface area contributed by atoms with Gasteiger partial charge in [0.15, 0.2) is 11.7 Å². The van der Waals surface area contributed by atoms with Gasteiger partial charge in [-0.25, -0.2) is 9.78 Å². The van der Waals surface area contributed by atoms with E-state index in [9.17, 15) is 22.8 Å². The van der Waals surface area contributed by atoms with E-state index in [-0.39, 0.29) is 24.9 Å². The van der Waals surface area contributed by atoms with E-state index in [4.69, 9.17) is 4.42 Å². The Hall–Kier alpha value is -2.78. The lowest BCUT2D eigenvalue weighted by Gasteiger charge is -2.44. The topological polar surface area (TPSA) is 75.9 Å². The molecule has 2 aliphatic rings. The second-order valence-electron chi connectivity index (χ2n) is 7.83. The number of rotatable bonds is 2. The molecule has 2 saturated heterocycles. The van der Waals surface area contributed by atoms with Crippen molar-refractivity contribution in [1.82, 2.24) is 14.8 Å². The number of hydrogen-bond donors (Lipinski definition) is 0. The van der Waals surface area contributed by atoms with Crippen LogP contribution in [0.1, 0.15) is 43.3 Å². The summed E-state index contributed by atoms with van der Waals surface area (Å²) in [6.07, 6.45) is -5.24. The first-order valence-corrected chi connectivity index (χ1v) is 9.89. The molecule has 2 aliphatic heterocycles. The van der Waals surface area contributed by atoms with Crippen LogP contribution in [0.3, 0.4) is 0 Å². The van der Waals surface area contributed by atoms with Crippen LogP contribution in [0.25, 0.3) is 11.1 Å². The maximum absolute atomic E-state index is 13.1. The van der Waals surface area contributed by atoms with Crippen molar-refractivity contribution >= 4 is 23.1 Å². The molecule has 2 amide bonds. The number of alkyl halides is 3. The molecular weight excluding hydrogens is 403 g/mol. The average molecular weight is 425 g/mol. The molecule has 1 atom stereocenters. The highest BCUT2D eigenvalue weighted by atomic mass is 19.4. The first-order chi connectivity index (χ1) is 14.2. The molecule has 1 aromatic carbocycles. The first-order valence-electron chi connectivity index (χ1n) is 9.89. The molecule has 1 aromatic heterocycles. The van der Waals surface area contributed by atoms with Crippen LogP contribution in [0.15, 0.2) is 28.7 Å². The summed E-state index contributed by atoms with van der Waals surface area (Å²) < 4.78 is 48.1. The number of carbonyl (C=O) groups is 2. The maximum Gasteiger partial charge on any atom is 0.425 e. The number of ether oxygens (including phenoxy) is 1. The van der Waals surface area contributed by atoms with E-state index in [1.54, 1.807) is 23.1 Å².